The van der Waals surface area contributed by atoms with Gasteiger partial charge in [0.25, 0.3) is 5.91 Å². The van der Waals surface area contributed by atoms with E-state index >= 15 is 0 Å². The number of ether oxygens (including phenoxy) is 1. The third kappa shape index (κ3) is 2.70. The molecule has 0 radical (unpaired) electrons. The molecule has 1 fully saturated rings. The molecule has 1 saturated heterocycles. The van der Waals surface area contributed by atoms with Crippen molar-refractivity contribution in [2.24, 2.45) is 0 Å². The van der Waals surface area contributed by atoms with Crippen molar-refractivity contribution in [3.63, 3.8) is 0 Å². The van der Waals surface area contributed by atoms with Gasteiger partial charge in [0.2, 0.25) is 11.8 Å². The van der Waals surface area contributed by atoms with Crippen LogP contribution in [0.25, 0.3) is 0 Å². The largest absolute Gasteiger partial charge is 0.479 e. The van der Waals surface area contributed by atoms with Crippen LogP contribution in [0.5, 0.6) is 5.75 Å². The highest BCUT2D eigenvalue weighted by molar-refractivity contribution is 6.05. The first-order valence-corrected chi connectivity index (χ1v) is 7.54. The lowest BCUT2D eigenvalue weighted by atomic mass is 10.0. The Morgan fingerprint density at radius 3 is 2.79 bits per heavy atom. The van der Waals surface area contributed by atoms with Gasteiger partial charge >= 0.3 is 5.97 Å². The number of hydrogen-bond acceptors (Lipinski definition) is 5. The fourth-order valence-electron chi connectivity index (χ4n) is 2.91. The second kappa shape index (κ2) is 5.95. The maximum Gasteiger partial charge on any atom is 0.344 e. The Kier molecular flexibility index (Phi) is 3.96. The molecule has 8 nitrogen and oxygen atoms in total. The third-order valence-corrected chi connectivity index (χ3v) is 4.19. The zero-order valence-electron chi connectivity index (χ0n) is 12.9. The molecule has 0 bridgehead atoms. The monoisotopic (exact) mass is 332 g/mol. The summed E-state index contributed by atoms with van der Waals surface area (Å²) >= 11 is 0. The normalized spacial score (nSPS) is 21.3. The van der Waals surface area contributed by atoms with Crippen molar-refractivity contribution in [2.75, 3.05) is 0 Å². The topological polar surface area (TPSA) is 113 Å². The van der Waals surface area contributed by atoms with Crippen molar-refractivity contribution in [1.82, 2.24) is 10.2 Å². The predicted octanol–water partition coefficient (Wildman–Crippen LogP) is 0.299. The Hall–Kier alpha value is -2.90. The van der Waals surface area contributed by atoms with Gasteiger partial charge in [0.1, 0.15) is 11.8 Å². The van der Waals surface area contributed by atoms with Gasteiger partial charge in [-0.15, -0.1) is 0 Å². The van der Waals surface area contributed by atoms with Gasteiger partial charge in [-0.3, -0.25) is 19.7 Å². The first kappa shape index (κ1) is 16.0. The Bertz CT molecular complexity index is 744. The number of amides is 3. The number of imide groups is 1. The number of carboxylic acids is 1. The van der Waals surface area contributed by atoms with Crippen molar-refractivity contribution in [1.29, 1.82) is 0 Å². The predicted molar refractivity (Wildman–Crippen MR) is 80.2 cm³/mol. The Morgan fingerprint density at radius 2 is 2.12 bits per heavy atom. The summed E-state index contributed by atoms with van der Waals surface area (Å²) in [7, 11) is 0. The van der Waals surface area contributed by atoms with E-state index in [-0.39, 0.29) is 31.2 Å². The minimum atomic E-state index is -1.11. The Morgan fingerprint density at radius 1 is 1.38 bits per heavy atom. The molecule has 24 heavy (non-hydrogen) atoms. The van der Waals surface area contributed by atoms with Crippen LogP contribution in [0.3, 0.4) is 0 Å². The van der Waals surface area contributed by atoms with Crippen LogP contribution in [0.4, 0.5) is 0 Å². The number of carboxylic acid groups (broad SMARTS) is 1. The third-order valence-electron chi connectivity index (χ3n) is 4.19. The highest BCUT2D eigenvalue weighted by Crippen LogP contribution is 2.33. The average molecular weight is 332 g/mol. The molecule has 0 saturated carbocycles. The number of carbonyl (C=O) groups excluding carboxylic acids is 3. The molecule has 2 aliphatic rings. The number of nitrogens with zero attached hydrogens (tertiary/aromatic N) is 1. The second-order valence-electron chi connectivity index (χ2n) is 5.78. The number of fused-ring (bicyclic) bond motifs is 1. The van der Waals surface area contributed by atoms with Gasteiger partial charge in [-0.25, -0.2) is 4.79 Å². The zero-order chi connectivity index (χ0) is 17.4. The number of benzene rings is 1. The van der Waals surface area contributed by atoms with E-state index in [4.69, 9.17) is 9.84 Å². The van der Waals surface area contributed by atoms with Gasteiger partial charge in [-0.2, -0.15) is 0 Å². The summed E-state index contributed by atoms with van der Waals surface area (Å²) in [5, 5.41) is 11.2. The summed E-state index contributed by atoms with van der Waals surface area (Å²) in [5.74, 6) is -1.97. The SMILES string of the molecule is C[C@H](Oc1cccc2c1CN([C@H]1CCC(=O)NC1=O)C2=O)C(=O)O. The van der Waals surface area contributed by atoms with E-state index in [1.54, 1.807) is 18.2 Å². The average Bonchev–Trinajstić information content (AvgIpc) is 2.85. The molecule has 1 aromatic rings. The maximum absolute atomic E-state index is 12.6. The Balaban J connectivity index is 1.86. The van der Waals surface area contributed by atoms with Crippen LogP contribution >= 0.6 is 0 Å². The second-order valence-corrected chi connectivity index (χ2v) is 5.78. The first-order chi connectivity index (χ1) is 11.4. The lowest BCUT2D eigenvalue weighted by Gasteiger charge is -2.29. The number of rotatable bonds is 4. The van der Waals surface area contributed by atoms with E-state index in [1.165, 1.54) is 11.8 Å². The summed E-state index contributed by atoms with van der Waals surface area (Å²) in [6, 6.07) is 4.10. The lowest BCUT2D eigenvalue weighted by Crippen LogP contribution is -2.52. The van der Waals surface area contributed by atoms with Crippen molar-refractivity contribution in [3.05, 3.63) is 29.3 Å². The molecular weight excluding hydrogens is 316 g/mol. The minimum absolute atomic E-state index is 0.142. The maximum atomic E-state index is 12.6. The van der Waals surface area contributed by atoms with Crippen LogP contribution in [0.15, 0.2) is 18.2 Å². The summed E-state index contributed by atoms with van der Waals surface area (Å²) in [4.78, 5) is 48.2. The van der Waals surface area contributed by atoms with Gasteiger partial charge < -0.3 is 14.7 Å². The van der Waals surface area contributed by atoms with E-state index in [0.29, 0.717) is 16.9 Å². The van der Waals surface area contributed by atoms with Gasteiger partial charge in [0.05, 0.1) is 6.54 Å². The van der Waals surface area contributed by atoms with Gasteiger partial charge in [0.15, 0.2) is 6.10 Å². The molecule has 2 heterocycles. The van der Waals surface area contributed by atoms with E-state index in [1.807, 2.05) is 0 Å². The Labute approximate surface area is 137 Å². The number of nitrogens with one attached hydrogen (secondary N) is 1. The van der Waals surface area contributed by atoms with E-state index in [0.717, 1.165) is 0 Å². The molecule has 3 rings (SSSR count). The number of aliphatic carboxylic acids is 1. The molecule has 126 valence electrons. The van der Waals surface area contributed by atoms with Gasteiger partial charge in [-0.1, -0.05) is 6.07 Å². The van der Waals surface area contributed by atoms with Gasteiger partial charge in [-0.05, 0) is 25.5 Å². The van der Waals surface area contributed by atoms with Crippen molar-refractivity contribution < 1.29 is 29.0 Å². The van der Waals surface area contributed by atoms with Crippen LogP contribution in [-0.2, 0) is 20.9 Å². The highest BCUT2D eigenvalue weighted by atomic mass is 16.5. The van der Waals surface area contributed by atoms with E-state index in [9.17, 15) is 19.2 Å². The van der Waals surface area contributed by atoms with Crippen LogP contribution in [0, 0.1) is 0 Å². The standard InChI is InChI=1S/C16H16N2O6/c1-8(16(22)23)24-12-4-2-3-9-10(12)7-18(15(9)21)11-5-6-13(19)17-14(11)20/h2-4,8,11H,5-7H2,1H3,(H,22,23)(H,17,19,20)/t8-,11-/m0/s1. The van der Waals surface area contributed by atoms with E-state index in [2.05, 4.69) is 5.32 Å². The number of piperidine rings is 1. The first-order valence-electron chi connectivity index (χ1n) is 7.54. The molecule has 2 atom stereocenters. The van der Waals surface area contributed by atoms with Crippen molar-refractivity contribution in [2.45, 2.75) is 38.5 Å². The molecule has 0 unspecified atom stereocenters. The van der Waals surface area contributed by atoms with Crippen LogP contribution < -0.4 is 10.1 Å². The summed E-state index contributed by atoms with van der Waals surface area (Å²) in [5.41, 5.74) is 0.940. The smallest absolute Gasteiger partial charge is 0.344 e. The molecule has 3 amide bonds. The molecule has 2 aliphatic heterocycles. The zero-order valence-corrected chi connectivity index (χ0v) is 12.9. The molecule has 0 spiro atoms. The fraction of sp³-hybridized carbons (Fsp3) is 0.375. The molecule has 8 heteroatoms. The summed E-state index contributed by atoms with van der Waals surface area (Å²) in [6.07, 6.45) is -0.613. The number of hydrogen-bond donors (Lipinski definition) is 2. The van der Waals surface area contributed by atoms with Crippen LogP contribution in [0.2, 0.25) is 0 Å². The van der Waals surface area contributed by atoms with Crippen molar-refractivity contribution >= 4 is 23.7 Å². The van der Waals surface area contributed by atoms with Crippen LogP contribution in [-0.4, -0.2) is 45.8 Å². The fourth-order valence-corrected chi connectivity index (χ4v) is 2.91. The van der Waals surface area contributed by atoms with E-state index < -0.39 is 24.0 Å². The highest BCUT2D eigenvalue weighted by Gasteiger charge is 2.40. The molecule has 0 aliphatic carbocycles. The minimum Gasteiger partial charge on any atom is -0.479 e. The molecule has 2 N–H and O–H groups in total. The van der Waals surface area contributed by atoms with Crippen LogP contribution in [0.1, 0.15) is 35.7 Å². The molecular formula is C16H16N2O6. The number of carbonyl (C=O) groups is 4. The van der Waals surface area contributed by atoms with Gasteiger partial charge in [0, 0.05) is 17.5 Å². The van der Waals surface area contributed by atoms with Crippen molar-refractivity contribution in [3.8, 4) is 5.75 Å². The lowest BCUT2D eigenvalue weighted by molar-refractivity contribution is -0.144. The molecule has 1 aromatic carbocycles. The summed E-state index contributed by atoms with van der Waals surface area (Å²) < 4.78 is 5.41. The molecule has 0 aromatic heterocycles. The summed E-state index contributed by atoms with van der Waals surface area (Å²) in [6.45, 7) is 1.54. The quantitative estimate of drug-likeness (QED) is 0.767.